The van der Waals surface area contributed by atoms with Gasteiger partial charge in [0.05, 0.1) is 0 Å². The molecule has 0 bridgehead atoms. The van der Waals surface area contributed by atoms with Crippen molar-refractivity contribution >= 4 is 18.5 Å². The molecular weight excluding hydrogens is 252 g/mol. The van der Waals surface area contributed by atoms with E-state index in [1.807, 2.05) is 0 Å². The average Bonchev–Trinajstić information content (AvgIpc) is 2.20. The van der Waals surface area contributed by atoms with Gasteiger partial charge in [0.25, 0.3) is 0 Å². The van der Waals surface area contributed by atoms with Crippen molar-refractivity contribution < 1.29 is 43.9 Å². The monoisotopic (exact) mass is 258 g/mol. The van der Waals surface area contributed by atoms with Gasteiger partial charge in [-0.1, -0.05) is 6.07 Å². The second-order valence-corrected chi connectivity index (χ2v) is 2.69. The molecule has 1 rings (SSSR count). The van der Waals surface area contributed by atoms with Gasteiger partial charge in [0.1, 0.15) is 0 Å². The van der Waals surface area contributed by atoms with E-state index >= 15 is 0 Å². The van der Waals surface area contributed by atoms with E-state index in [1.165, 1.54) is 6.07 Å². The molecule has 1 aromatic rings. The van der Waals surface area contributed by atoms with Crippen LogP contribution in [-0.4, -0.2) is 33.8 Å². The van der Waals surface area contributed by atoms with Crippen molar-refractivity contribution in [2.24, 2.45) is 0 Å². The molecule has 0 fully saturated rings. The Hall–Kier alpha value is -2.97. The number of carboxylic acid groups (broad SMARTS) is 3. The van der Waals surface area contributed by atoms with E-state index in [1.54, 1.807) is 0 Å². The highest BCUT2D eigenvalue weighted by Crippen LogP contribution is 2.37. The SMILES string of the molecule is O=C(O)Oc1cccc(OC(=O)O)c1OC(=O)O. The molecule has 0 saturated carbocycles. The number of rotatable bonds is 3. The Labute approximate surface area is 98.7 Å². The Morgan fingerprint density at radius 3 is 1.50 bits per heavy atom. The van der Waals surface area contributed by atoms with E-state index in [9.17, 15) is 14.4 Å². The maximum Gasteiger partial charge on any atom is 0.511 e. The zero-order chi connectivity index (χ0) is 13.7. The average molecular weight is 258 g/mol. The minimum absolute atomic E-state index is 0.511. The normalized spacial score (nSPS) is 9.33. The highest BCUT2D eigenvalue weighted by molar-refractivity contribution is 5.71. The standard InChI is InChI=1S/C9H6O9/c10-7(11)16-4-2-1-3-5(17-8(12)13)6(4)18-9(14)15/h1-3H,(H,10,11)(H,12,13)(H,14,15). The fourth-order valence-corrected chi connectivity index (χ4v) is 1.03. The lowest BCUT2D eigenvalue weighted by molar-refractivity contribution is 0.126. The predicted molar refractivity (Wildman–Crippen MR) is 52.4 cm³/mol. The number of para-hydroxylation sites is 1. The van der Waals surface area contributed by atoms with Gasteiger partial charge in [-0.2, -0.15) is 0 Å². The summed E-state index contributed by atoms with van der Waals surface area (Å²) in [5, 5.41) is 25.3. The lowest BCUT2D eigenvalue weighted by atomic mass is 10.3. The van der Waals surface area contributed by atoms with E-state index in [-0.39, 0.29) is 0 Å². The fraction of sp³-hybridized carbons (Fsp3) is 0. The van der Waals surface area contributed by atoms with Crippen molar-refractivity contribution in [1.82, 2.24) is 0 Å². The highest BCUT2D eigenvalue weighted by Gasteiger charge is 2.19. The van der Waals surface area contributed by atoms with Gasteiger partial charge in [0.2, 0.25) is 5.75 Å². The molecule has 0 aliphatic carbocycles. The highest BCUT2D eigenvalue weighted by atomic mass is 16.7. The largest absolute Gasteiger partial charge is 0.511 e. The first-order valence-electron chi connectivity index (χ1n) is 4.25. The first kappa shape index (κ1) is 13.1. The van der Waals surface area contributed by atoms with Gasteiger partial charge in [0, 0.05) is 0 Å². The van der Waals surface area contributed by atoms with Crippen LogP contribution in [0.1, 0.15) is 0 Å². The quantitative estimate of drug-likeness (QED) is 0.547. The van der Waals surface area contributed by atoms with Crippen LogP contribution in [0.25, 0.3) is 0 Å². The molecule has 0 aromatic heterocycles. The van der Waals surface area contributed by atoms with Crippen molar-refractivity contribution in [3.63, 3.8) is 0 Å². The Kier molecular flexibility index (Phi) is 3.92. The van der Waals surface area contributed by atoms with Crippen LogP contribution >= 0.6 is 0 Å². The zero-order valence-electron chi connectivity index (χ0n) is 8.52. The molecule has 0 saturated heterocycles. The first-order valence-corrected chi connectivity index (χ1v) is 4.25. The number of hydrogen-bond donors (Lipinski definition) is 3. The zero-order valence-corrected chi connectivity index (χ0v) is 8.52. The third-order valence-corrected chi connectivity index (χ3v) is 1.53. The van der Waals surface area contributed by atoms with Gasteiger partial charge >= 0.3 is 18.5 Å². The van der Waals surface area contributed by atoms with E-state index in [0.29, 0.717) is 0 Å². The molecule has 0 aliphatic rings. The molecule has 96 valence electrons. The van der Waals surface area contributed by atoms with E-state index in [0.717, 1.165) is 12.1 Å². The second-order valence-electron chi connectivity index (χ2n) is 2.69. The van der Waals surface area contributed by atoms with E-state index < -0.39 is 35.7 Å². The molecule has 0 heterocycles. The molecule has 1 aromatic carbocycles. The van der Waals surface area contributed by atoms with Crippen molar-refractivity contribution in [1.29, 1.82) is 0 Å². The number of hydrogen-bond acceptors (Lipinski definition) is 6. The summed E-state index contributed by atoms with van der Waals surface area (Å²) < 4.78 is 12.7. The van der Waals surface area contributed by atoms with Crippen LogP contribution < -0.4 is 14.2 Å². The summed E-state index contributed by atoms with van der Waals surface area (Å²) in [5.41, 5.74) is 0. The van der Waals surface area contributed by atoms with Crippen LogP contribution in [0.5, 0.6) is 17.2 Å². The number of ether oxygens (including phenoxy) is 3. The Balaban J connectivity index is 3.19. The molecule has 9 nitrogen and oxygen atoms in total. The molecule has 0 spiro atoms. The van der Waals surface area contributed by atoms with Gasteiger partial charge in [0.15, 0.2) is 11.5 Å². The Morgan fingerprint density at radius 2 is 1.17 bits per heavy atom. The minimum atomic E-state index is -1.79. The molecule has 0 amide bonds. The second kappa shape index (κ2) is 5.39. The molecule has 0 radical (unpaired) electrons. The van der Waals surface area contributed by atoms with Crippen LogP contribution in [0, 0.1) is 0 Å². The molecule has 0 unspecified atom stereocenters. The molecule has 0 aliphatic heterocycles. The van der Waals surface area contributed by atoms with Crippen molar-refractivity contribution in [3.8, 4) is 17.2 Å². The number of benzene rings is 1. The molecular formula is C9H6O9. The lowest BCUT2D eigenvalue weighted by Gasteiger charge is -2.10. The molecule has 18 heavy (non-hydrogen) atoms. The maximum absolute atomic E-state index is 10.4. The Morgan fingerprint density at radius 1 is 0.778 bits per heavy atom. The summed E-state index contributed by atoms with van der Waals surface area (Å²) in [6.07, 6.45) is -5.23. The summed E-state index contributed by atoms with van der Waals surface area (Å²) >= 11 is 0. The minimum Gasteiger partial charge on any atom is -0.449 e. The smallest absolute Gasteiger partial charge is 0.449 e. The first-order chi connectivity index (χ1) is 8.40. The van der Waals surface area contributed by atoms with Gasteiger partial charge in [-0.15, -0.1) is 0 Å². The Bertz CT molecular complexity index is 459. The van der Waals surface area contributed by atoms with Crippen molar-refractivity contribution in [3.05, 3.63) is 18.2 Å². The summed E-state index contributed by atoms with van der Waals surface area (Å²) in [6, 6.07) is 3.34. The summed E-state index contributed by atoms with van der Waals surface area (Å²) in [5.74, 6) is -1.69. The summed E-state index contributed by atoms with van der Waals surface area (Å²) in [7, 11) is 0. The van der Waals surface area contributed by atoms with E-state index in [2.05, 4.69) is 14.2 Å². The topological polar surface area (TPSA) is 140 Å². The van der Waals surface area contributed by atoms with Crippen LogP contribution in [0.3, 0.4) is 0 Å². The molecule has 3 N–H and O–H groups in total. The summed E-state index contributed by atoms with van der Waals surface area (Å²) in [6.45, 7) is 0. The summed E-state index contributed by atoms with van der Waals surface area (Å²) in [4.78, 5) is 31.1. The van der Waals surface area contributed by atoms with Crippen LogP contribution in [0.2, 0.25) is 0 Å². The number of carbonyl (C=O) groups is 3. The third-order valence-electron chi connectivity index (χ3n) is 1.53. The van der Waals surface area contributed by atoms with Crippen molar-refractivity contribution in [2.45, 2.75) is 0 Å². The molecule has 0 atom stereocenters. The lowest BCUT2D eigenvalue weighted by Crippen LogP contribution is -2.11. The third kappa shape index (κ3) is 3.56. The van der Waals surface area contributed by atoms with Gasteiger partial charge in [-0.25, -0.2) is 14.4 Å². The van der Waals surface area contributed by atoms with E-state index in [4.69, 9.17) is 15.3 Å². The van der Waals surface area contributed by atoms with Crippen LogP contribution in [0.15, 0.2) is 18.2 Å². The van der Waals surface area contributed by atoms with Gasteiger partial charge in [-0.05, 0) is 12.1 Å². The maximum atomic E-state index is 10.4. The van der Waals surface area contributed by atoms with Crippen LogP contribution in [0.4, 0.5) is 14.4 Å². The van der Waals surface area contributed by atoms with Crippen molar-refractivity contribution in [2.75, 3.05) is 0 Å². The predicted octanol–water partition coefficient (Wildman–Crippen LogP) is 1.86. The van der Waals surface area contributed by atoms with Gasteiger partial charge < -0.3 is 29.5 Å². The fourth-order valence-electron chi connectivity index (χ4n) is 1.03. The van der Waals surface area contributed by atoms with Crippen LogP contribution in [-0.2, 0) is 0 Å². The molecule has 9 heteroatoms. The van der Waals surface area contributed by atoms with Gasteiger partial charge in [-0.3, -0.25) is 0 Å².